The van der Waals surface area contributed by atoms with Gasteiger partial charge in [0.1, 0.15) is 12.2 Å². The summed E-state index contributed by atoms with van der Waals surface area (Å²) in [4.78, 5) is 13.5. The second-order valence-corrected chi connectivity index (χ2v) is 7.11. The third kappa shape index (κ3) is 7.23. The third-order valence-electron chi connectivity index (χ3n) is 5.24. The fraction of sp³-hybridized carbons (Fsp3) is 0.550. The van der Waals surface area contributed by atoms with Crippen LogP contribution in [0.4, 0.5) is 0 Å². The molecular weight excluding hydrogens is 479 g/mol. The van der Waals surface area contributed by atoms with E-state index in [1.807, 2.05) is 7.05 Å². The van der Waals surface area contributed by atoms with Gasteiger partial charge in [0.25, 0.3) is 0 Å². The van der Waals surface area contributed by atoms with Crippen LogP contribution < -0.4 is 10.6 Å². The summed E-state index contributed by atoms with van der Waals surface area (Å²) in [6.07, 6.45) is 1.55. The first-order valence-corrected chi connectivity index (χ1v) is 9.98. The van der Waals surface area contributed by atoms with Crippen LogP contribution in [-0.2, 0) is 26.7 Å². The maximum atomic E-state index is 4.27. The third-order valence-corrected chi connectivity index (χ3v) is 5.24. The minimum atomic E-state index is 0. The molecule has 160 valence electrons. The first-order valence-electron chi connectivity index (χ1n) is 9.98. The van der Waals surface area contributed by atoms with Crippen molar-refractivity contribution >= 4 is 29.9 Å². The number of guanidine groups is 1. The van der Waals surface area contributed by atoms with Gasteiger partial charge in [0, 0.05) is 53.4 Å². The molecule has 9 heteroatoms. The maximum absolute atomic E-state index is 4.27. The molecule has 3 rings (SSSR count). The van der Waals surface area contributed by atoms with Gasteiger partial charge in [0.15, 0.2) is 5.96 Å². The molecule has 1 aromatic heterocycles. The van der Waals surface area contributed by atoms with Crippen molar-refractivity contribution in [2.75, 3.05) is 39.8 Å². The number of nitrogens with one attached hydrogen (secondary N) is 2. The Hall–Kier alpha value is -1.72. The molecule has 0 unspecified atom stereocenters. The molecule has 0 atom stereocenters. The SMILES string of the molecule is CCN1CCN(Cc2ccc(CNC(=NC)NCc3ncnn3C)cc2)CC1.I. The molecule has 2 aromatic rings. The van der Waals surface area contributed by atoms with E-state index in [4.69, 9.17) is 0 Å². The van der Waals surface area contributed by atoms with Crippen LogP contribution in [0.5, 0.6) is 0 Å². The minimum absolute atomic E-state index is 0. The van der Waals surface area contributed by atoms with Gasteiger partial charge in [-0.15, -0.1) is 24.0 Å². The van der Waals surface area contributed by atoms with Gasteiger partial charge in [-0.3, -0.25) is 14.6 Å². The Morgan fingerprint density at radius 3 is 2.21 bits per heavy atom. The van der Waals surface area contributed by atoms with Crippen LogP contribution in [0.3, 0.4) is 0 Å². The highest BCUT2D eigenvalue weighted by Crippen LogP contribution is 2.10. The largest absolute Gasteiger partial charge is 0.352 e. The first kappa shape index (κ1) is 23.6. The van der Waals surface area contributed by atoms with Gasteiger partial charge in [-0.25, -0.2) is 4.98 Å². The summed E-state index contributed by atoms with van der Waals surface area (Å²) in [5.41, 5.74) is 2.61. The molecule has 0 amide bonds. The van der Waals surface area contributed by atoms with Crippen LogP contribution in [0.1, 0.15) is 23.9 Å². The highest BCUT2D eigenvalue weighted by Gasteiger charge is 2.15. The summed E-state index contributed by atoms with van der Waals surface area (Å²) in [6, 6.07) is 8.86. The number of hydrogen-bond acceptors (Lipinski definition) is 5. The quantitative estimate of drug-likeness (QED) is 0.333. The first-order chi connectivity index (χ1) is 13.7. The molecule has 0 aliphatic carbocycles. The van der Waals surface area contributed by atoms with Crippen molar-refractivity contribution in [3.05, 3.63) is 47.5 Å². The molecule has 1 aliphatic rings. The van der Waals surface area contributed by atoms with E-state index in [0.29, 0.717) is 6.54 Å². The number of aromatic nitrogens is 3. The Morgan fingerprint density at radius 2 is 1.62 bits per heavy atom. The number of piperazine rings is 1. The molecular formula is C20H33IN8. The molecule has 1 saturated heterocycles. The fourth-order valence-corrected chi connectivity index (χ4v) is 3.33. The summed E-state index contributed by atoms with van der Waals surface area (Å²) < 4.78 is 1.75. The number of hydrogen-bond donors (Lipinski definition) is 2. The van der Waals surface area contributed by atoms with Gasteiger partial charge < -0.3 is 15.5 Å². The molecule has 0 bridgehead atoms. The van der Waals surface area contributed by atoms with E-state index in [1.54, 1.807) is 18.1 Å². The predicted molar refractivity (Wildman–Crippen MR) is 127 cm³/mol. The van der Waals surface area contributed by atoms with Crippen molar-refractivity contribution in [3.63, 3.8) is 0 Å². The van der Waals surface area contributed by atoms with E-state index in [9.17, 15) is 0 Å². The van der Waals surface area contributed by atoms with E-state index >= 15 is 0 Å². The monoisotopic (exact) mass is 512 g/mol. The Labute approximate surface area is 190 Å². The predicted octanol–water partition coefficient (Wildman–Crippen LogP) is 1.44. The number of halogens is 1. The minimum Gasteiger partial charge on any atom is -0.352 e. The number of likely N-dealkylation sites (N-methyl/N-ethyl adjacent to an activating group) is 1. The zero-order valence-electron chi connectivity index (χ0n) is 17.6. The van der Waals surface area contributed by atoms with Crippen molar-refractivity contribution in [2.24, 2.45) is 12.0 Å². The van der Waals surface area contributed by atoms with Crippen molar-refractivity contribution in [3.8, 4) is 0 Å². The lowest BCUT2D eigenvalue weighted by Crippen LogP contribution is -2.45. The molecule has 1 aromatic carbocycles. The Bertz CT molecular complexity index is 750. The topological polar surface area (TPSA) is 73.6 Å². The second-order valence-electron chi connectivity index (χ2n) is 7.11. The van der Waals surface area contributed by atoms with E-state index in [-0.39, 0.29) is 24.0 Å². The molecule has 8 nitrogen and oxygen atoms in total. The Morgan fingerprint density at radius 1 is 1.00 bits per heavy atom. The van der Waals surface area contributed by atoms with Gasteiger partial charge in [0.2, 0.25) is 0 Å². The lowest BCUT2D eigenvalue weighted by atomic mass is 10.1. The van der Waals surface area contributed by atoms with Crippen molar-refractivity contribution in [2.45, 2.75) is 26.6 Å². The van der Waals surface area contributed by atoms with Crippen molar-refractivity contribution in [1.29, 1.82) is 0 Å². The molecule has 1 fully saturated rings. The highest BCUT2D eigenvalue weighted by atomic mass is 127. The number of aryl methyl sites for hydroxylation is 1. The second kappa shape index (κ2) is 12.1. The van der Waals surface area contributed by atoms with Crippen LogP contribution in [-0.4, -0.2) is 70.3 Å². The maximum Gasteiger partial charge on any atom is 0.191 e. The number of nitrogens with zero attached hydrogens (tertiary/aromatic N) is 6. The van der Waals surface area contributed by atoms with Crippen molar-refractivity contribution < 1.29 is 0 Å². The molecule has 0 saturated carbocycles. The fourth-order valence-electron chi connectivity index (χ4n) is 3.33. The van der Waals surface area contributed by atoms with Crippen molar-refractivity contribution in [1.82, 2.24) is 35.2 Å². The van der Waals surface area contributed by atoms with Crippen LogP contribution in [0.15, 0.2) is 35.6 Å². The van der Waals surface area contributed by atoms with Crippen LogP contribution >= 0.6 is 24.0 Å². The summed E-state index contributed by atoms with van der Waals surface area (Å²) in [5.74, 6) is 1.62. The number of rotatable bonds is 7. The lowest BCUT2D eigenvalue weighted by Gasteiger charge is -2.34. The molecule has 29 heavy (non-hydrogen) atoms. The van der Waals surface area contributed by atoms with Crippen LogP contribution in [0.25, 0.3) is 0 Å². The lowest BCUT2D eigenvalue weighted by molar-refractivity contribution is 0.132. The summed E-state index contributed by atoms with van der Waals surface area (Å²) in [5, 5.41) is 10.7. The van der Waals surface area contributed by atoms with E-state index in [1.165, 1.54) is 24.2 Å². The Balaban J connectivity index is 0.00000300. The summed E-state index contributed by atoms with van der Waals surface area (Å²) in [7, 11) is 3.65. The number of benzene rings is 1. The van der Waals surface area contributed by atoms with Gasteiger partial charge in [-0.1, -0.05) is 31.2 Å². The van der Waals surface area contributed by atoms with Crippen LogP contribution in [0, 0.1) is 0 Å². The molecule has 2 N–H and O–H groups in total. The molecule has 2 heterocycles. The van der Waals surface area contributed by atoms with Gasteiger partial charge in [-0.2, -0.15) is 5.10 Å². The summed E-state index contributed by atoms with van der Waals surface area (Å²) >= 11 is 0. The molecule has 1 aliphatic heterocycles. The Kier molecular flexibility index (Phi) is 9.82. The summed E-state index contributed by atoms with van der Waals surface area (Å²) in [6.45, 7) is 10.4. The zero-order valence-corrected chi connectivity index (χ0v) is 20.0. The van der Waals surface area contributed by atoms with E-state index in [2.05, 4.69) is 66.7 Å². The molecule has 0 radical (unpaired) electrons. The van der Waals surface area contributed by atoms with Gasteiger partial charge in [0.05, 0.1) is 6.54 Å². The van der Waals surface area contributed by atoms with E-state index in [0.717, 1.165) is 44.5 Å². The standard InChI is InChI=1S/C20H32N8.HI/c1-4-27-9-11-28(12-10-27)15-18-7-5-17(6-8-18)13-22-20(21-2)23-14-19-24-16-25-26(19)3;/h5-8,16H,4,9-15H2,1-3H3,(H2,21,22,23);1H. The average molecular weight is 512 g/mol. The van der Waals surface area contributed by atoms with Gasteiger partial charge >= 0.3 is 0 Å². The van der Waals surface area contributed by atoms with Gasteiger partial charge in [-0.05, 0) is 17.7 Å². The van der Waals surface area contributed by atoms with E-state index < -0.39 is 0 Å². The number of aliphatic imine (C=N–C) groups is 1. The molecule has 0 spiro atoms. The van der Waals surface area contributed by atoms with Crippen LogP contribution in [0.2, 0.25) is 0 Å². The smallest absolute Gasteiger partial charge is 0.191 e. The zero-order chi connectivity index (χ0) is 19.8. The normalized spacial score (nSPS) is 15.8. The highest BCUT2D eigenvalue weighted by molar-refractivity contribution is 14.0. The average Bonchev–Trinajstić information content (AvgIpc) is 3.14.